The van der Waals surface area contributed by atoms with Gasteiger partial charge >= 0.3 is 0 Å². The molecule has 0 spiro atoms. The normalized spacial score (nSPS) is 10.7. The molecule has 1 N–H and O–H groups in total. The van der Waals surface area contributed by atoms with E-state index in [0.29, 0.717) is 0 Å². The Labute approximate surface area is 114 Å². The summed E-state index contributed by atoms with van der Waals surface area (Å²) in [5, 5.41) is 3.96. The molecule has 94 valence electrons. The molecule has 0 heterocycles. The molecule has 0 aromatic heterocycles. The largest absolute Gasteiger partial charge is 0.316 e. The number of rotatable bonds is 3. The number of hydrogen-bond donors (Lipinski definition) is 1. The molecule has 0 aliphatic rings. The average Bonchev–Trinajstić information content (AvgIpc) is 2.35. The first-order valence-corrected chi connectivity index (χ1v) is 6.50. The highest BCUT2D eigenvalue weighted by molar-refractivity contribution is 6.33. The summed E-state index contributed by atoms with van der Waals surface area (Å²) in [6.45, 7) is 5.09. The van der Waals surface area contributed by atoms with Crippen LogP contribution in [0.4, 0.5) is 0 Å². The summed E-state index contributed by atoms with van der Waals surface area (Å²) in [5.41, 5.74) is 6.06. The van der Waals surface area contributed by atoms with Crippen molar-refractivity contribution in [1.82, 2.24) is 5.32 Å². The fourth-order valence-electron chi connectivity index (χ4n) is 2.01. The van der Waals surface area contributed by atoms with Gasteiger partial charge < -0.3 is 5.32 Å². The number of nitrogens with one attached hydrogen (secondary N) is 1. The molecule has 0 radical (unpaired) electrons. The smallest absolute Gasteiger partial charge is 0.0487 e. The number of aryl methyl sites for hydroxylation is 2. The van der Waals surface area contributed by atoms with E-state index in [1.54, 1.807) is 0 Å². The summed E-state index contributed by atoms with van der Waals surface area (Å²) in [5.74, 6) is 0. The zero-order valence-electron chi connectivity index (χ0n) is 11.0. The van der Waals surface area contributed by atoms with E-state index in [1.807, 2.05) is 13.1 Å². The van der Waals surface area contributed by atoms with Crippen LogP contribution in [-0.4, -0.2) is 7.05 Å². The lowest BCUT2D eigenvalue weighted by Crippen LogP contribution is -2.04. The molecule has 0 fully saturated rings. The van der Waals surface area contributed by atoms with Crippen LogP contribution in [0.3, 0.4) is 0 Å². The third-order valence-electron chi connectivity index (χ3n) is 3.23. The number of benzene rings is 2. The van der Waals surface area contributed by atoms with Crippen LogP contribution in [-0.2, 0) is 6.54 Å². The molecule has 0 saturated heterocycles. The van der Waals surface area contributed by atoms with Crippen LogP contribution in [0.1, 0.15) is 16.7 Å². The van der Waals surface area contributed by atoms with Crippen LogP contribution in [0.25, 0.3) is 11.1 Å². The second kappa shape index (κ2) is 5.55. The predicted molar refractivity (Wildman–Crippen MR) is 79.1 cm³/mol. The van der Waals surface area contributed by atoms with Gasteiger partial charge in [-0.05, 0) is 55.3 Å². The first-order chi connectivity index (χ1) is 8.61. The Bertz CT molecular complexity index is 544. The van der Waals surface area contributed by atoms with Gasteiger partial charge in [0.25, 0.3) is 0 Å². The molecule has 2 heteroatoms. The monoisotopic (exact) mass is 259 g/mol. The summed E-state index contributed by atoms with van der Waals surface area (Å²) in [4.78, 5) is 0. The van der Waals surface area contributed by atoms with Gasteiger partial charge in [-0.3, -0.25) is 0 Å². The van der Waals surface area contributed by atoms with Gasteiger partial charge in [-0.1, -0.05) is 35.9 Å². The lowest BCUT2D eigenvalue weighted by atomic mass is 9.99. The van der Waals surface area contributed by atoms with Gasteiger partial charge in [0.1, 0.15) is 0 Å². The molecule has 0 amide bonds. The van der Waals surface area contributed by atoms with Gasteiger partial charge in [-0.25, -0.2) is 0 Å². The van der Waals surface area contributed by atoms with E-state index in [1.165, 1.54) is 22.3 Å². The first kappa shape index (κ1) is 13.1. The maximum atomic E-state index is 6.32. The van der Waals surface area contributed by atoms with Crippen LogP contribution in [0.15, 0.2) is 36.4 Å². The molecule has 0 unspecified atom stereocenters. The van der Waals surface area contributed by atoms with Crippen molar-refractivity contribution in [2.75, 3.05) is 7.05 Å². The van der Waals surface area contributed by atoms with Crippen molar-refractivity contribution in [1.29, 1.82) is 0 Å². The Kier molecular flexibility index (Phi) is 4.05. The molecule has 1 nitrogen and oxygen atoms in total. The second-order valence-corrected chi connectivity index (χ2v) is 5.05. The highest BCUT2D eigenvalue weighted by Crippen LogP contribution is 2.30. The molecular weight excluding hydrogens is 242 g/mol. The molecule has 2 aromatic carbocycles. The van der Waals surface area contributed by atoms with E-state index in [0.717, 1.165) is 17.1 Å². The van der Waals surface area contributed by atoms with Crippen LogP contribution in [0.2, 0.25) is 5.02 Å². The van der Waals surface area contributed by atoms with Crippen molar-refractivity contribution in [3.63, 3.8) is 0 Å². The summed E-state index contributed by atoms with van der Waals surface area (Å²) in [6, 6.07) is 12.7. The highest BCUT2D eigenvalue weighted by Gasteiger charge is 2.06. The Morgan fingerprint density at radius 3 is 2.22 bits per heavy atom. The minimum absolute atomic E-state index is 0.819. The lowest BCUT2D eigenvalue weighted by Gasteiger charge is -2.09. The third kappa shape index (κ3) is 2.74. The van der Waals surface area contributed by atoms with Crippen molar-refractivity contribution >= 4 is 11.6 Å². The SMILES string of the molecule is CNCc1ccc(-c2cc(C)c(C)cc2Cl)cc1. The molecular formula is C16H18ClN. The fourth-order valence-corrected chi connectivity index (χ4v) is 2.34. The van der Waals surface area contributed by atoms with Crippen molar-refractivity contribution in [2.45, 2.75) is 20.4 Å². The molecule has 0 saturated carbocycles. The minimum atomic E-state index is 0.819. The number of hydrogen-bond acceptors (Lipinski definition) is 1. The second-order valence-electron chi connectivity index (χ2n) is 4.64. The number of halogens is 1. The molecule has 0 aliphatic heterocycles. The Hall–Kier alpha value is -1.31. The molecule has 18 heavy (non-hydrogen) atoms. The van der Waals surface area contributed by atoms with Gasteiger partial charge in [-0.2, -0.15) is 0 Å². The fraction of sp³-hybridized carbons (Fsp3) is 0.250. The maximum absolute atomic E-state index is 6.32. The average molecular weight is 260 g/mol. The van der Waals surface area contributed by atoms with E-state index in [2.05, 4.69) is 49.5 Å². The quantitative estimate of drug-likeness (QED) is 0.865. The Morgan fingerprint density at radius 1 is 1.00 bits per heavy atom. The topological polar surface area (TPSA) is 12.0 Å². The highest BCUT2D eigenvalue weighted by atomic mass is 35.5. The lowest BCUT2D eigenvalue weighted by molar-refractivity contribution is 0.818. The molecule has 2 aromatic rings. The summed E-state index contributed by atoms with van der Waals surface area (Å²) in [6.07, 6.45) is 0. The first-order valence-electron chi connectivity index (χ1n) is 6.12. The molecule has 0 bridgehead atoms. The summed E-state index contributed by atoms with van der Waals surface area (Å²) >= 11 is 6.32. The van der Waals surface area contributed by atoms with E-state index in [9.17, 15) is 0 Å². The van der Waals surface area contributed by atoms with E-state index < -0.39 is 0 Å². The van der Waals surface area contributed by atoms with Crippen molar-refractivity contribution in [3.8, 4) is 11.1 Å². The molecule has 2 rings (SSSR count). The van der Waals surface area contributed by atoms with Gasteiger partial charge in [0.15, 0.2) is 0 Å². The Morgan fingerprint density at radius 2 is 1.61 bits per heavy atom. The van der Waals surface area contributed by atoms with Crippen molar-refractivity contribution in [2.24, 2.45) is 0 Å². The van der Waals surface area contributed by atoms with Gasteiger partial charge in [0.2, 0.25) is 0 Å². The Balaban J connectivity index is 2.39. The summed E-state index contributed by atoms with van der Waals surface area (Å²) < 4.78 is 0. The summed E-state index contributed by atoms with van der Waals surface area (Å²) in [7, 11) is 1.95. The van der Waals surface area contributed by atoms with Crippen LogP contribution in [0.5, 0.6) is 0 Å². The van der Waals surface area contributed by atoms with E-state index >= 15 is 0 Å². The zero-order chi connectivity index (χ0) is 13.1. The van der Waals surface area contributed by atoms with Crippen LogP contribution in [0, 0.1) is 13.8 Å². The van der Waals surface area contributed by atoms with Gasteiger partial charge in [-0.15, -0.1) is 0 Å². The molecule has 0 aliphatic carbocycles. The van der Waals surface area contributed by atoms with E-state index in [-0.39, 0.29) is 0 Å². The van der Waals surface area contributed by atoms with Crippen molar-refractivity contribution < 1.29 is 0 Å². The standard InChI is InChI=1S/C16H18ClN/c1-11-8-15(16(17)9-12(11)2)14-6-4-13(5-7-14)10-18-3/h4-9,18H,10H2,1-3H3. The van der Waals surface area contributed by atoms with Crippen LogP contribution < -0.4 is 5.32 Å². The third-order valence-corrected chi connectivity index (χ3v) is 3.54. The molecule has 0 atom stereocenters. The van der Waals surface area contributed by atoms with Gasteiger partial charge in [0, 0.05) is 17.1 Å². The van der Waals surface area contributed by atoms with Crippen molar-refractivity contribution in [3.05, 3.63) is 58.1 Å². The van der Waals surface area contributed by atoms with Gasteiger partial charge in [0.05, 0.1) is 0 Å². The minimum Gasteiger partial charge on any atom is -0.316 e. The zero-order valence-corrected chi connectivity index (χ0v) is 11.8. The predicted octanol–water partition coefficient (Wildman–Crippen LogP) is 4.34. The van der Waals surface area contributed by atoms with Crippen LogP contribution >= 0.6 is 11.6 Å². The van der Waals surface area contributed by atoms with E-state index in [4.69, 9.17) is 11.6 Å². The maximum Gasteiger partial charge on any atom is 0.0487 e.